The van der Waals surface area contributed by atoms with Crippen molar-refractivity contribution < 1.29 is 23.8 Å². The number of aliphatic hydroxyl groups excluding tert-OH is 1. The van der Waals surface area contributed by atoms with Crippen molar-refractivity contribution in [2.24, 2.45) is 5.41 Å². The molecule has 1 aromatic rings. The van der Waals surface area contributed by atoms with Gasteiger partial charge in [0, 0.05) is 31.2 Å². The summed E-state index contributed by atoms with van der Waals surface area (Å²) in [4.78, 5) is 12.1. The maximum absolute atomic E-state index is 13.2. The van der Waals surface area contributed by atoms with Crippen molar-refractivity contribution in [3.8, 4) is 5.75 Å². The van der Waals surface area contributed by atoms with E-state index in [0.717, 1.165) is 0 Å². The number of halogens is 1. The Morgan fingerprint density at radius 2 is 2.17 bits per heavy atom. The van der Waals surface area contributed by atoms with Crippen LogP contribution in [0.3, 0.4) is 0 Å². The Morgan fingerprint density at radius 1 is 1.43 bits per heavy atom. The van der Waals surface area contributed by atoms with E-state index in [4.69, 9.17) is 9.47 Å². The Bertz CT molecular complexity index is 533. The minimum Gasteiger partial charge on any atom is -0.492 e. The molecule has 0 atom stereocenters. The van der Waals surface area contributed by atoms with Gasteiger partial charge in [-0.2, -0.15) is 0 Å². The molecule has 23 heavy (non-hydrogen) atoms. The van der Waals surface area contributed by atoms with Crippen LogP contribution in [-0.4, -0.2) is 44.1 Å². The fourth-order valence-electron chi connectivity index (χ4n) is 2.50. The third-order valence-electron chi connectivity index (χ3n) is 4.00. The fraction of sp³-hybridized carbons (Fsp3) is 0.562. The lowest BCUT2D eigenvalue weighted by Gasteiger charge is -2.35. The lowest BCUT2D eigenvalue weighted by Crippen LogP contribution is -2.44. The van der Waals surface area contributed by atoms with E-state index in [-0.39, 0.29) is 17.8 Å². The van der Waals surface area contributed by atoms with Crippen molar-refractivity contribution in [3.63, 3.8) is 0 Å². The molecule has 1 heterocycles. The SMILES string of the molecule is CCOc1cc(F)ccc1NC(=O)NCC1(CO)CCOCC1. The Balaban J connectivity index is 1.94. The number of anilines is 1. The first-order chi connectivity index (χ1) is 11.1. The maximum atomic E-state index is 13.2. The lowest BCUT2D eigenvalue weighted by molar-refractivity contribution is -0.0136. The number of urea groups is 1. The number of carbonyl (C=O) groups is 1. The zero-order valence-corrected chi connectivity index (χ0v) is 13.2. The summed E-state index contributed by atoms with van der Waals surface area (Å²) in [5, 5.41) is 15.0. The first-order valence-electron chi connectivity index (χ1n) is 7.74. The van der Waals surface area contributed by atoms with Crippen LogP contribution in [0.2, 0.25) is 0 Å². The van der Waals surface area contributed by atoms with Gasteiger partial charge >= 0.3 is 6.03 Å². The molecule has 0 aromatic heterocycles. The Hall–Kier alpha value is -1.86. The van der Waals surface area contributed by atoms with Gasteiger partial charge in [-0.1, -0.05) is 0 Å². The van der Waals surface area contributed by atoms with E-state index in [1.54, 1.807) is 6.92 Å². The molecule has 0 saturated carbocycles. The van der Waals surface area contributed by atoms with E-state index in [9.17, 15) is 14.3 Å². The standard InChI is InChI=1S/C16H23FN2O4/c1-2-23-14-9-12(17)3-4-13(14)19-15(21)18-10-16(11-20)5-7-22-8-6-16/h3-4,9,20H,2,5-8,10-11H2,1H3,(H2,18,19,21). The molecular formula is C16H23FN2O4. The molecule has 0 radical (unpaired) electrons. The Labute approximate surface area is 135 Å². The van der Waals surface area contributed by atoms with Gasteiger partial charge < -0.3 is 25.2 Å². The van der Waals surface area contributed by atoms with E-state index >= 15 is 0 Å². The summed E-state index contributed by atoms with van der Waals surface area (Å²) in [6.07, 6.45) is 1.40. The highest BCUT2D eigenvalue weighted by atomic mass is 19.1. The molecule has 1 saturated heterocycles. The monoisotopic (exact) mass is 326 g/mol. The molecule has 6 nitrogen and oxygen atoms in total. The number of benzene rings is 1. The van der Waals surface area contributed by atoms with E-state index in [1.165, 1.54) is 18.2 Å². The third kappa shape index (κ3) is 4.80. The van der Waals surface area contributed by atoms with Crippen LogP contribution in [0.25, 0.3) is 0 Å². The molecule has 0 spiro atoms. The molecule has 2 amide bonds. The fourth-order valence-corrected chi connectivity index (χ4v) is 2.50. The predicted octanol–water partition coefficient (Wildman–Crippen LogP) is 2.13. The molecule has 1 aromatic carbocycles. The van der Waals surface area contributed by atoms with Crippen molar-refractivity contribution >= 4 is 11.7 Å². The molecule has 0 unspecified atom stereocenters. The van der Waals surface area contributed by atoms with E-state index in [2.05, 4.69) is 10.6 Å². The van der Waals surface area contributed by atoms with Gasteiger partial charge in [0.2, 0.25) is 0 Å². The zero-order valence-electron chi connectivity index (χ0n) is 13.2. The Morgan fingerprint density at radius 3 is 2.83 bits per heavy atom. The summed E-state index contributed by atoms with van der Waals surface area (Å²) in [6.45, 7) is 3.66. The van der Waals surface area contributed by atoms with Gasteiger partial charge in [0.25, 0.3) is 0 Å². The first kappa shape index (κ1) is 17.5. The number of hydrogen-bond acceptors (Lipinski definition) is 4. The average Bonchev–Trinajstić information content (AvgIpc) is 2.57. The minimum atomic E-state index is -0.430. The molecular weight excluding hydrogens is 303 g/mol. The third-order valence-corrected chi connectivity index (χ3v) is 4.00. The summed E-state index contributed by atoms with van der Waals surface area (Å²) < 4.78 is 23.9. The van der Waals surface area contributed by atoms with E-state index < -0.39 is 11.8 Å². The lowest BCUT2D eigenvalue weighted by atomic mass is 9.81. The largest absolute Gasteiger partial charge is 0.492 e. The molecule has 1 aliphatic rings. The van der Waals surface area contributed by atoms with Gasteiger partial charge in [0.05, 0.1) is 18.9 Å². The van der Waals surface area contributed by atoms with Gasteiger partial charge in [-0.05, 0) is 31.9 Å². The van der Waals surface area contributed by atoms with E-state index in [0.29, 0.717) is 44.9 Å². The summed E-state index contributed by atoms with van der Waals surface area (Å²) >= 11 is 0. The normalized spacial score (nSPS) is 16.7. The van der Waals surface area contributed by atoms with Crippen molar-refractivity contribution in [1.82, 2.24) is 5.32 Å². The van der Waals surface area contributed by atoms with Crippen LogP contribution in [0, 0.1) is 11.2 Å². The van der Waals surface area contributed by atoms with Gasteiger partial charge in [-0.3, -0.25) is 0 Å². The number of hydrogen-bond donors (Lipinski definition) is 3. The molecule has 7 heteroatoms. The molecule has 0 aliphatic carbocycles. The van der Waals surface area contributed by atoms with Crippen LogP contribution in [0.5, 0.6) is 5.75 Å². The summed E-state index contributed by atoms with van der Waals surface area (Å²) in [5.74, 6) is -0.147. The number of amides is 2. The number of ether oxygens (including phenoxy) is 2. The summed E-state index contributed by atoms with van der Waals surface area (Å²) in [6, 6.07) is 3.52. The number of aliphatic hydroxyl groups is 1. The van der Waals surface area contributed by atoms with Crippen LogP contribution in [0.15, 0.2) is 18.2 Å². The van der Waals surface area contributed by atoms with Gasteiger partial charge in [-0.15, -0.1) is 0 Å². The summed E-state index contributed by atoms with van der Waals surface area (Å²) in [7, 11) is 0. The zero-order chi connectivity index (χ0) is 16.7. The smallest absolute Gasteiger partial charge is 0.319 e. The average molecular weight is 326 g/mol. The van der Waals surface area contributed by atoms with Crippen LogP contribution in [0.1, 0.15) is 19.8 Å². The molecule has 128 valence electrons. The number of carbonyl (C=O) groups excluding carboxylic acids is 1. The summed E-state index contributed by atoms with van der Waals surface area (Å²) in [5.41, 5.74) is 0.0528. The van der Waals surface area contributed by atoms with Crippen LogP contribution in [-0.2, 0) is 4.74 Å². The Kier molecular flexibility index (Phi) is 6.18. The van der Waals surface area contributed by atoms with Gasteiger partial charge in [-0.25, -0.2) is 9.18 Å². The first-order valence-corrected chi connectivity index (χ1v) is 7.74. The second kappa shape index (κ2) is 8.12. The minimum absolute atomic E-state index is 0.00260. The maximum Gasteiger partial charge on any atom is 0.319 e. The second-order valence-electron chi connectivity index (χ2n) is 5.65. The van der Waals surface area contributed by atoms with Crippen molar-refractivity contribution in [3.05, 3.63) is 24.0 Å². The van der Waals surface area contributed by atoms with Crippen molar-refractivity contribution in [2.45, 2.75) is 19.8 Å². The van der Waals surface area contributed by atoms with Crippen LogP contribution < -0.4 is 15.4 Å². The molecule has 1 aliphatic heterocycles. The van der Waals surface area contributed by atoms with Gasteiger partial charge in [0.1, 0.15) is 11.6 Å². The quantitative estimate of drug-likeness (QED) is 0.748. The highest BCUT2D eigenvalue weighted by Crippen LogP contribution is 2.29. The number of nitrogens with one attached hydrogen (secondary N) is 2. The van der Waals surface area contributed by atoms with Crippen LogP contribution >= 0.6 is 0 Å². The highest BCUT2D eigenvalue weighted by molar-refractivity contribution is 5.90. The predicted molar refractivity (Wildman–Crippen MR) is 84.2 cm³/mol. The van der Waals surface area contributed by atoms with E-state index in [1.807, 2.05) is 0 Å². The van der Waals surface area contributed by atoms with Crippen molar-refractivity contribution in [1.29, 1.82) is 0 Å². The van der Waals surface area contributed by atoms with Gasteiger partial charge in [0.15, 0.2) is 0 Å². The highest BCUT2D eigenvalue weighted by Gasteiger charge is 2.32. The van der Waals surface area contributed by atoms with Crippen LogP contribution in [0.4, 0.5) is 14.9 Å². The molecule has 1 fully saturated rings. The molecule has 0 bridgehead atoms. The van der Waals surface area contributed by atoms with Crippen molar-refractivity contribution in [2.75, 3.05) is 38.3 Å². The topological polar surface area (TPSA) is 79.8 Å². The number of rotatable bonds is 6. The molecule has 2 rings (SSSR count). The second-order valence-corrected chi connectivity index (χ2v) is 5.65. The molecule has 3 N–H and O–H groups in total.